The molecule has 17 heavy (non-hydrogen) atoms. The second-order valence-corrected chi connectivity index (χ2v) is 3.51. The van der Waals surface area contributed by atoms with Crippen LogP contribution in [-0.4, -0.2) is 33.4 Å². The van der Waals surface area contributed by atoms with Crippen LogP contribution < -0.4 is 10.6 Å². The summed E-state index contributed by atoms with van der Waals surface area (Å²) in [5.74, 6) is 0. The van der Waals surface area contributed by atoms with E-state index >= 15 is 0 Å². The normalized spacial score (nSPS) is 10.0. The molecular weight excluding hydrogens is 220 g/mol. The Morgan fingerprint density at radius 1 is 1.29 bits per heavy atom. The van der Waals surface area contributed by atoms with Crippen molar-refractivity contribution in [3.8, 4) is 0 Å². The van der Waals surface area contributed by atoms with Gasteiger partial charge in [0, 0.05) is 26.5 Å². The van der Waals surface area contributed by atoms with Crippen molar-refractivity contribution >= 4 is 11.7 Å². The summed E-state index contributed by atoms with van der Waals surface area (Å²) in [6.45, 7) is 1.51. The van der Waals surface area contributed by atoms with Crippen molar-refractivity contribution < 1.29 is 14.3 Å². The first kappa shape index (κ1) is 13.5. The second-order valence-electron chi connectivity index (χ2n) is 3.51. The summed E-state index contributed by atoms with van der Waals surface area (Å²) in [5.41, 5.74) is 1.76. The Balaban J connectivity index is 2.44. The Hall–Kier alpha value is -1.59. The fourth-order valence-corrected chi connectivity index (χ4v) is 1.35. The number of urea groups is 1. The maximum atomic E-state index is 11.4. The van der Waals surface area contributed by atoms with Crippen LogP contribution >= 0.6 is 0 Å². The first-order chi connectivity index (χ1) is 8.26. The van der Waals surface area contributed by atoms with Gasteiger partial charge in [-0.15, -0.1) is 0 Å². The van der Waals surface area contributed by atoms with Crippen LogP contribution in [0.25, 0.3) is 0 Å². The standard InChI is InChI=1S/C12H18N2O3/c1-16-7-6-13-12(15)14-11-5-3-4-10(8-11)9-17-2/h3-5,8H,6-7,9H2,1-2H3,(H2,13,14,15). The van der Waals surface area contributed by atoms with Gasteiger partial charge in [-0.1, -0.05) is 12.1 Å². The molecule has 1 rings (SSSR count). The van der Waals surface area contributed by atoms with Gasteiger partial charge in [-0.2, -0.15) is 0 Å². The zero-order valence-electron chi connectivity index (χ0n) is 10.2. The van der Waals surface area contributed by atoms with Crippen molar-refractivity contribution in [1.82, 2.24) is 5.32 Å². The minimum Gasteiger partial charge on any atom is -0.383 e. The summed E-state index contributed by atoms with van der Waals surface area (Å²) in [5, 5.41) is 5.42. The summed E-state index contributed by atoms with van der Waals surface area (Å²) in [6.07, 6.45) is 0. The predicted octanol–water partition coefficient (Wildman–Crippen LogP) is 1.60. The van der Waals surface area contributed by atoms with Gasteiger partial charge in [0.15, 0.2) is 0 Å². The molecule has 0 fully saturated rings. The van der Waals surface area contributed by atoms with Crippen LogP contribution in [0, 0.1) is 0 Å². The zero-order chi connectivity index (χ0) is 12.5. The Bertz CT molecular complexity index is 355. The molecule has 94 valence electrons. The Morgan fingerprint density at radius 2 is 2.12 bits per heavy atom. The van der Waals surface area contributed by atoms with Crippen molar-refractivity contribution in [3.63, 3.8) is 0 Å². The molecule has 0 radical (unpaired) electrons. The molecule has 0 unspecified atom stereocenters. The van der Waals surface area contributed by atoms with Crippen LogP contribution in [0.15, 0.2) is 24.3 Å². The summed E-state index contributed by atoms with van der Waals surface area (Å²) >= 11 is 0. The third-order valence-electron chi connectivity index (χ3n) is 2.09. The molecule has 0 aliphatic carbocycles. The van der Waals surface area contributed by atoms with Crippen molar-refractivity contribution in [2.45, 2.75) is 6.61 Å². The number of ether oxygens (including phenoxy) is 2. The molecule has 0 saturated carbocycles. The highest BCUT2D eigenvalue weighted by Crippen LogP contribution is 2.10. The number of hydrogen-bond acceptors (Lipinski definition) is 3. The van der Waals surface area contributed by atoms with Crippen molar-refractivity contribution in [1.29, 1.82) is 0 Å². The van der Waals surface area contributed by atoms with Gasteiger partial charge >= 0.3 is 6.03 Å². The van der Waals surface area contributed by atoms with Gasteiger partial charge in [0.05, 0.1) is 13.2 Å². The molecule has 5 heteroatoms. The van der Waals surface area contributed by atoms with Gasteiger partial charge in [0.1, 0.15) is 0 Å². The average molecular weight is 238 g/mol. The molecule has 2 amide bonds. The molecule has 0 aliphatic rings. The van der Waals surface area contributed by atoms with E-state index in [2.05, 4.69) is 10.6 Å². The largest absolute Gasteiger partial charge is 0.383 e. The van der Waals surface area contributed by atoms with Gasteiger partial charge in [-0.05, 0) is 17.7 Å². The number of rotatable bonds is 6. The van der Waals surface area contributed by atoms with Crippen molar-refractivity contribution in [2.75, 3.05) is 32.7 Å². The summed E-state index contributed by atoms with van der Waals surface area (Å²) < 4.78 is 9.86. The van der Waals surface area contributed by atoms with E-state index in [9.17, 15) is 4.79 Å². The van der Waals surface area contributed by atoms with E-state index in [1.54, 1.807) is 14.2 Å². The summed E-state index contributed by atoms with van der Waals surface area (Å²) in [4.78, 5) is 11.4. The topological polar surface area (TPSA) is 59.6 Å². The van der Waals surface area contributed by atoms with Crippen LogP contribution in [0.2, 0.25) is 0 Å². The molecular formula is C12H18N2O3. The molecule has 0 aliphatic heterocycles. The molecule has 0 bridgehead atoms. The van der Waals surface area contributed by atoms with Crippen LogP contribution in [0.5, 0.6) is 0 Å². The third-order valence-corrected chi connectivity index (χ3v) is 2.09. The van der Waals surface area contributed by atoms with Crippen LogP contribution in [0.4, 0.5) is 10.5 Å². The third kappa shape index (κ3) is 5.33. The molecule has 0 spiro atoms. The van der Waals surface area contributed by atoms with Crippen LogP contribution in [-0.2, 0) is 16.1 Å². The number of nitrogens with one attached hydrogen (secondary N) is 2. The molecule has 0 saturated heterocycles. The van der Waals surface area contributed by atoms with E-state index in [-0.39, 0.29) is 6.03 Å². The molecule has 0 atom stereocenters. The van der Waals surface area contributed by atoms with E-state index in [4.69, 9.17) is 9.47 Å². The first-order valence-corrected chi connectivity index (χ1v) is 5.38. The van der Waals surface area contributed by atoms with Crippen molar-refractivity contribution in [2.24, 2.45) is 0 Å². The van der Waals surface area contributed by atoms with Crippen LogP contribution in [0.3, 0.4) is 0 Å². The number of carbonyl (C=O) groups excluding carboxylic acids is 1. The quantitative estimate of drug-likeness (QED) is 0.740. The van der Waals surface area contributed by atoms with Crippen LogP contribution in [0.1, 0.15) is 5.56 Å². The SMILES string of the molecule is COCCNC(=O)Nc1cccc(COC)c1. The Morgan fingerprint density at radius 3 is 2.82 bits per heavy atom. The van der Waals surface area contributed by atoms with E-state index in [1.807, 2.05) is 24.3 Å². The van der Waals surface area contributed by atoms with Gasteiger partial charge in [0.25, 0.3) is 0 Å². The molecule has 2 N–H and O–H groups in total. The summed E-state index contributed by atoms with van der Waals surface area (Å²) in [7, 11) is 3.23. The monoisotopic (exact) mass is 238 g/mol. The predicted molar refractivity (Wildman–Crippen MR) is 66.1 cm³/mol. The molecule has 1 aromatic carbocycles. The lowest BCUT2D eigenvalue weighted by Gasteiger charge is -2.08. The highest BCUT2D eigenvalue weighted by Gasteiger charge is 2.01. The second kappa shape index (κ2) is 7.65. The average Bonchev–Trinajstić information content (AvgIpc) is 2.30. The van der Waals surface area contributed by atoms with Gasteiger partial charge in [0.2, 0.25) is 0 Å². The molecule has 0 heterocycles. The minimum absolute atomic E-state index is 0.239. The van der Waals surface area contributed by atoms with Crippen molar-refractivity contribution in [3.05, 3.63) is 29.8 Å². The fourth-order valence-electron chi connectivity index (χ4n) is 1.35. The van der Waals surface area contributed by atoms with Gasteiger partial charge in [-0.25, -0.2) is 4.79 Å². The van der Waals surface area contributed by atoms with E-state index < -0.39 is 0 Å². The lowest BCUT2D eigenvalue weighted by atomic mass is 10.2. The van der Waals surface area contributed by atoms with E-state index in [0.717, 1.165) is 11.3 Å². The number of anilines is 1. The number of benzene rings is 1. The first-order valence-electron chi connectivity index (χ1n) is 5.38. The van der Waals surface area contributed by atoms with E-state index in [1.165, 1.54) is 0 Å². The van der Waals surface area contributed by atoms with Gasteiger partial charge in [-0.3, -0.25) is 0 Å². The Kier molecular flexibility index (Phi) is 6.06. The van der Waals surface area contributed by atoms with E-state index in [0.29, 0.717) is 19.8 Å². The summed E-state index contributed by atoms with van der Waals surface area (Å²) in [6, 6.07) is 7.28. The molecule has 5 nitrogen and oxygen atoms in total. The zero-order valence-corrected chi connectivity index (χ0v) is 10.2. The highest BCUT2D eigenvalue weighted by atomic mass is 16.5. The maximum absolute atomic E-state index is 11.4. The lowest BCUT2D eigenvalue weighted by Crippen LogP contribution is -2.31. The smallest absolute Gasteiger partial charge is 0.319 e. The number of methoxy groups -OCH3 is 2. The minimum atomic E-state index is -0.239. The number of carbonyl (C=O) groups is 1. The lowest BCUT2D eigenvalue weighted by molar-refractivity contribution is 0.185. The fraction of sp³-hybridized carbons (Fsp3) is 0.417. The molecule has 0 aromatic heterocycles. The highest BCUT2D eigenvalue weighted by molar-refractivity contribution is 5.89. The number of hydrogen-bond donors (Lipinski definition) is 2. The van der Waals surface area contributed by atoms with Gasteiger partial charge < -0.3 is 20.1 Å². The molecule has 1 aromatic rings. The Labute approximate surface area is 101 Å². The maximum Gasteiger partial charge on any atom is 0.319 e. The number of amides is 2.